The Balaban J connectivity index is 2.07. The quantitative estimate of drug-likeness (QED) is 0.311. The van der Waals surface area contributed by atoms with Crippen molar-refractivity contribution in [3.05, 3.63) is 58.8 Å². The van der Waals surface area contributed by atoms with Crippen molar-refractivity contribution in [1.29, 1.82) is 0 Å². The Morgan fingerprint density at radius 1 is 1.30 bits per heavy atom. The van der Waals surface area contributed by atoms with Gasteiger partial charge >= 0.3 is 6.18 Å². The van der Waals surface area contributed by atoms with Crippen LogP contribution in [0.1, 0.15) is 42.1 Å². The molecule has 1 aromatic heterocycles. The van der Waals surface area contributed by atoms with Crippen LogP contribution in [0.4, 0.5) is 18.9 Å². The molecule has 0 bridgehead atoms. The number of aryl methyl sites for hydroxylation is 1. The topological polar surface area (TPSA) is 94.6 Å². The number of benzene rings is 1. The van der Waals surface area contributed by atoms with Crippen LogP contribution in [0.5, 0.6) is 5.88 Å². The maximum atomic E-state index is 13.0. The molecule has 1 unspecified atom stereocenters. The largest absolute Gasteiger partial charge is 0.755 e. The van der Waals surface area contributed by atoms with Crippen molar-refractivity contribution in [1.82, 2.24) is 10.3 Å². The van der Waals surface area contributed by atoms with Crippen molar-refractivity contribution in [2.75, 3.05) is 18.0 Å². The first kappa shape index (κ1) is 26.3. The van der Waals surface area contributed by atoms with E-state index in [2.05, 4.69) is 10.3 Å². The Kier molecular flexibility index (Phi) is 9.42. The third-order valence-corrected chi connectivity index (χ3v) is 5.27. The molecule has 1 heterocycles. The molecule has 0 aliphatic rings. The van der Waals surface area contributed by atoms with Crippen LogP contribution in [-0.4, -0.2) is 33.3 Å². The summed E-state index contributed by atoms with van der Waals surface area (Å²) in [5, 5.41) is 2.67. The highest BCUT2D eigenvalue weighted by Gasteiger charge is 2.33. The van der Waals surface area contributed by atoms with Gasteiger partial charge in [-0.05, 0) is 48.7 Å². The van der Waals surface area contributed by atoms with Crippen LogP contribution in [0.25, 0.3) is 6.08 Å². The lowest BCUT2D eigenvalue weighted by Crippen LogP contribution is -2.22. The van der Waals surface area contributed by atoms with Gasteiger partial charge in [-0.2, -0.15) is 13.2 Å². The summed E-state index contributed by atoms with van der Waals surface area (Å²) in [6.45, 7) is 4.07. The number of carbonyl (C=O) groups excluding carboxylic acids is 1. The van der Waals surface area contributed by atoms with Crippen LogP contribution >= 0.6 is 0 Å². The number of unbranched alkanes of at least 4 members (excludes halogenated alkanes) is 1. The molecular weight excluding hydrogens is 459 g/mol. The number of halogens is 3. The van der Waals surface area contributed by atoms with Gasteiger partial charge in [0.05, 0.1) is 12.3 Å². The molecule has 0 fully saturated rings. The fourth-order valence-electron chi connectivity index (χ4n) is 2.84. The van der Waals surface area contributed by atoms with Crippen molar-refractivity contribution in [3.63, 3.8) is 0 Å². The SMILES string of the molecule is CCCCOc1nc(C(F)(F)F)ccc1C=CC(=O)NCc1ccc(N(C)S(=O)[O-])c(C)c1. The predicted octanol–water partition coefficient (Wildman–Crippen LogP) is 4.15. The minimum absolute atomic E-state index is 0.180. The maximum absolute atomic E-state index is 13.0. The molecule has 0 saturated heterocycles. The highest BCUT2D eigenvalue weighted by atomic mass is 32.2. The van der Waals surface area contributed by atoms with E-state index in [1.807, 2.05) is 6.92 Å². The number of carbonyl (C=O) groups is 1. The lowest BCUT2D eigenvalue weighted by molar-refractivity contribution is -0.141. The average molecular weight is 485 g/mol. The first-order valence-corrected chi connectivity index (χ1v) is 11.2. The van der Waals surface area contributed by atoms with Gasteiger partial charge < -0.3 is 18.9 Å². The number of hydrogen-bond acceptors (Lipinski definition) is 5. The number of alkyl halides is 3. The Morgan fingerprint density at radius 2 is 2.03 bits per heavy atom. The van der Waals surface area contributed by atoms with Gasteiger partial charge in [-0.15, -0.1) is 0 Å². The molecule has 1 aromatic carbocycles. The molecule has 33 heavy (non-hydrogen) atoms. The van der Waals surface area contributed by atoms with Crippen LogP contribution in [0.3, 0.4) is 0 Å². The van der Waals surface area contributed by atoms with Crippen molar-refractivity contribution in [2.24, 2.45) is 0 Å². The van der Waals surface area contributed by atoms with E-state index in [0.717, 1.165) is 22.4 Å². The normalized spacial score (nSPS) is 12.6. The molecule has 1 amide bonds. The minimum Gasteiger partial charge on any atom is -0.755 e. The molecule has 2 aromatic rings. The first-order chi connectivity index (χ1) is 15.5. The number of nitrogens with zero attached hydrogens (tertiary/aromatic N) is 2. The Labute approximate surface area is 193 Å². The zero-order valence-electron chi connectivity index (χ0n) is 18.4. The number of pyridine rings is 1. The molecule has 0 spiro atoms. The summed E-state index contributed by atoms with van der Waals surface area (Å²) in [7, 11) is 1.42. The number of anilines is 1. The Hall–Kier alpha value is -2.92. The number of hydrogen-bond donors (Lipinski definition) is 1. The summed E-state index contributed by atoms with van der Waals surface area (Å²) >= 11 is -2.40. The molecular formula is C22H25F3N3O4S-. The van der Waals surface area contributed by atoms with E-state index >= 15 is 0 Å². The predicted molar refractivity (Wildman–Crippen MR) is 119 cm³/mol. The van der Waals surface area contributed by atoms with Crippen molar-refractivity contribution >= 4 is 28.9 Å². The van der Waals surface area contributed by atoms with Gasteiger partial charge in [-0.1, -0.05) is 25.5 Å². The summed E-state index contributed by atoms with van der Waals surface area (Å²) in [6.07, 6.45) is -0.616. The summed E-state index contributed by atoms with van der Waals surface area (Å²) in [4.78, 5) is 15.8. The van der Waals surface area contributed by atoms with E-state index in [-0.39, 0.29) is 24.6 Å². The second kappa shape index (κ2) is 11.8. The van der Waals surface area contributed by atoms with Gasteiger partial charge in [0.15, 0.2) is 0 Å². The highest BCUT2D eigenvalue weighted by Crippen LogP contribution is 2.30. The summed E-state index contributed by atoms with van der Waals surface area (Å²) in [6, 6.07) is 7.12. The van der Waals surface area contributed by atoms with Gasteiger partial charge in [0, 0.05) is 36.5 Å². The smallest absolute Gasteiger partial charge is 0.433 e. The average Bonchev–Trinajstić information content (AvgIpc) is 2.75. The third kappa shape index (κ3) is 7.86. The van der Waals surface area contributed by atoms with Crippen molar-refractivity contribution < 1.29 is 31.5 Å². The fourth-order valence-corrected chi connectivity index (χ4v) is 3.20. The lowest BCUT2D eigenvalue weighted by atomic mass is 10.1. The molecule has 0 saturated carbocycles. The van der Waals surface area contributed by atoms with Gasteiger partial charge in [0.25, 0.3) is 0 Å². The lowest BCUT2D eigenvalue weighted by Gasteiger charge is -2.23. The number of rotatable bonds is 10. The molecule has 1 atom stereocenters. The van der Waals surface area contributed by atoms with Gasteiger partial charge in [0.2, 0.25) is 11.8 Å². The van der Waals surface area contributed by atoms with E-state index in [0.29, 0.717) is 17.7 Å². The van der Waals surface area contributed by atoms with Gasteiger partial charge in [0.1, 0.15) is 5.69 Å². The number of nitrogens with one attached hydrogen (secondary N) is 1. The zero-order valence-corrected chi connectivity index (χ0v) is 19.3. The summed E-state index contributed by atoms with van der Waals surface area (Å²) in [5.41, 5.74) is 1.17. The van der Waals surface area contributed by atoms with Crippen LogP contribution < -0.4 is 14.4 Å². The van der Waals surface area contributed by atoms with E-state index in [1.165, 1.54) is 25.3 Å². The summed E-state index contributed by atoms with van der Waals surface area (Å²) in [5.74, 6) is -0.651. The zero-order chi connectivity index (χ0) is 24.6. The standard InChI is InChI=1S/C22H26F3N3O4S/c1-4-5-12-32-21-17(7-10-19(27-21)22(23,24)25)8-11-20(29)26-14-16-6-9-18(15(2)13-16)28(3)33(30)31/h6-11,13H,4-5,12,14H2,1-3H3,(H,26,29)(H,30,31)/p-1. The second-order valence-corrected chi connectivity index (χ2v) is 8.16. The fraction of sp³-hybridized carbons (Fsp3) is 0.364. The van der Waals surface area contributed by atoms with Crippen LogP contribution in [0.15, 0.2) is 36.4 Å². The van der Waals surface area contributed by atoms with E-state index < -0.39 is 29.0 Å². The molecule has 180 valence electrons. The third-order valence-electron chi connectivity index (χ3n) is 4.62. The minimum atomic E-state index is -4.60. The van der Waals surface area contributed by atoms with Crippen LogP contribution in [-0.2, 0) is 28.8 Å². The molecule has 11 heteroatoms. The van der Waals surface area contributed by atoms with E-state index in [1.54, 1.807) is 25.1 Å². The first-order valence-electron chi connectivity index (χ1n) is 10.1. The van der Waals surface area contributed by atoms with Crippen molar-refractivity contribution in [3.8, 4) is 5.88 Å². The molecule has 1 N–H and O–H groups in total. The van der Waals surface area contributed by atoms with Gasteiger partial charge in [-0.25, -0.2) is 4.98 Å². The molecule has 0 aliphatic carbocycles. The molecule has 0 aliphatic heterocycles. The number of ether oxygens (including phenoxy) is 1. The van der Waals surface area contributed by atoms with E-state index in [4.69, 9.17) is 4.74 Å². The summed E-state index contributed by atoms with van der Waals surface area (Å²) < 4.78 is 67.6. The monoisotopic (exact) mass is 484 g/mol. The maximum Gasteiger partial charge on any atom is 0.433 e. The van der Waals surface area contributed by atoms with Crippen LogP contribution in [0.2, 0.25) is 0 Å². The van der Waals surface area contributed by atoms with E-state index in [9.17, 15) is 26.7 Å². The van der Waals surface area contributed by atoms with Crippen LogP contribution in [0, 0.1) is 6.92 Å². The van der Waals surface area contributed by atoms with Crippen molar-refractivity contribution in [2.45, 2.75) is 39.4 Å². The Morgan fingerprint density at radius 3 is 2.64 bits per heavy atom. The highest BCUT2D eigenvalue weighted by molar-refractivity contribution is 7.80. The van der Waals surface area contributed by atoms with Gasteiger partial charge in [-0.3, -0.25) is 9.00 Å². The molecule has 0 radical (unpaired) electrons. The molecule has 7 nitrogen and oxygen atoms in total. The Bertz CT molecular complexity index is 1030. The number of aromatic nitrogens is 1. The number of amides is 1. The molecule has 2 rings (SSSR count). The second-order valence-electron chi connectivity index (χ2n) is 7.18.